The van der Waals surface area contributed by atoms with Gasteiger partial charge < -0.3 is 15.1 Å². The lowest BCUT2D eigenvalue weighted by atomic mass is 10.3. The first-order valence-corrected chi connectivity index (χ1v) is 4.17. The second kappa shape index (κ2) is 4.57. The van der Waals surface area contributed by atoms with Crippen LogP contribution in [0.5, 0.6) is 0 Å². The number of nitrogens with zero attached hydrogens (tertiary/aromatic N) is 2. The fraction of sp³-hybridized carbons (Fsp3) is 0.333. The van der Waals surface area contributed by atoms with E-state index in [9.17, 15) is 4.79 Å². The second-order valence-electron chi connectivity index (χ2n) is 2.83. The van der Waals surface area contributed by atoms with Crippen LogP contribution in [0.25, 0.3) is 0 Å². The summed E-state index contributed by atoms with van der Waals surface area (Å²) in [6.07, 6.45) is 0. The highest BCUT2D eigenvalue weighted by Gasteiger charge is 2.07. The molecular weight excluding hydrogens is 184 g/mol. The highest BCUT2D eigenvalue weighted by Crippen LogP contribution is 2.08. The molecule has 0 bridgehead atoms. The molecule has 1 heterocycles. The van der Waals surface area contributed by atoms with Crippen LogP contribution in [0.3, 0.4) is 0 Å². The van der Waals surface area contributed by atoms with Crippen molar-refractivity contribution < 1.29 is 15.0 Å². The summed E-state index contributed by atoms with van der Waals surface area (Å²) in [6.45, 7) is 0.436. The van der Waals surface area contributed by atoms with Gasteiger partial charge in [0.1, 0.15) is 5.82 Å². The van der Waals surface area contributed by atoms with E-state index in [-0.39, 0.29) is 12.3 Å². The first-order valence-electron chi connectivity index (χ1n) is 4.17. The standard InChI is InChI=1S/C9H12N2O3/c1-11(5-6-12)8-4-2-3-7(10-8)9(13)14/h2-4,12H,5-6H2,1H3,(H,13,14). The summed E-state index contributed by atoms with van der Waals surface area (Å²) in [5, 5.41) is 17.4. The topological polar surface area (TPSA) is 73.7 Å². The lowest BCUT2D eigenvalue weighted by molar-refractivity contribution is 0.0690. The van der Waals surface area contributed by atoms with Crippen molar-refractivity contribution in [2.45, 2.75) is 0 Å². The number of aliphatic hydroxyl groups is 1. The number of aromatic carboxylic acids is 1. The van der Waals surface area contributed by atoms with Gasteiger partial charge in [-0.3, -0.25) is 0 Å². The van der Waals surface area contributed by atoms with Gasteiger partial charge in [0.15, 0.2) is 5.69 Å². The number of carboxylic acid groups (broad SMARTS) is 1. The fourth-order valence-corrected chi connectivity index (χ4v) is 1.02. The largest absolute Gasteiger partial charge is 0.477 e. The Kier molecular flexibility index (Phi) is 3.41. The molecule has 0 saturated heterocycles. The molecule has 1 aromatic heterocycles. The Morgan fingerprint density at radius 1 is 1.57 bits per heavy atom. The maximum absolute atomic E-state index is 10.6. The smallest absolute Gasteiger partial charge is 0.354 e. The van der Waals surface area contributed by atoms with E-state index in [4.69, 9.17) is 10.2 Å². The van der Waals surface area contributed by atoms with Gasteiger partial charge in [0.05, 0.1) is 6.61 Å². The molecule has 0 radical (unpaired) electrons. The molecule has 0 atom stereocenters. The molecule has 1 rings (SSSR count). The Bertz CT molecular complexity index is 328. The van der Waals surface area contributed by atoms with Gasteiger partial charge in [-0.05, 0) is 12.1 Å². The van der Waals surface area contributed by atoms with Gasteiger partial charge in [-0.25, -0.2) is 9.78 Å². The Balaban J connectivity index is 2.87. The molecule has 0 saturated carbocycles. The molecule has 0 aliphatic rings. The number of aliphatic hydroxyl groups excluding tert-OH is 1. The molecule has 2 N–H and O–H groups in total. The predicted octanol–water partition coefficient (Wildman–Crippen LogP) is 0.208. The van der Waals surface area contributed by atoms with Crippen molar-refractivity contribution in [2.24, 2.45) is 0 Å². The maximum Gasteiger partial charge on any atom is 0.354 e. The van der Waals surface area contributed by atoms with Crippen LogP contribution < -0.4 is 4.90 Å². The van der Waals surface area contributed by atoms with Gasteiger partial charge in [-0.15, -0.1) is 0 Å². The number of likely N-dealkylation sites (N-methyl/N-ethyl adjacent to an activating group) is 1. The lowest BCUT2D eigenvalue weighted by Crippen LogP contribution is -2.22. The molecule has 5 heteroatoms. The minimum Gasteiger partial charge on any atom is -0.477 e. The molecule has 14 heavy (non-hydrogen) atoms. The van der Waals surface area contributed by atoms with Gasteiger partial charge in [-0.1, -0.05) is 6.07 Å². The average Bonchev–Trinajstić information content (AvgIpc) is 2.18. The third-order valence-corrected chi connectivity index (χ3v) is 1.78. The van der Waals surface area contributed by atoms with E-state index in [1.165, 1.54) is 6.07 Å². The summed E-state index contributed by atoms with van der Waals surface area (Å²) >= 11 is 0. The zero-order chi connectivity index (χ0) is 10.6. The number of hydrogen-bond donors (Lipinski definition) is 2. The zero-order valence-electron chi connectivity index (χ0n) is 7.84. The quantitative estimate of drug-likeness (QED) is 0.720. The SMILES string of the molecule is CN(CCO)c1cccc(C(=O)O)n1. The van der Waals surface area contributed by atoms with Crippen LogP contribution in [0.15, 0.2) is 18.2 Å². The van der Waals surface area contributed by atoms with Crippen molar-refractivity contribution in [1.82, 2.24) is 4.98 Å². The summed E-state index contributed by atoms with van der Waals surface area (Å²) in [7, 11) is 1.74. The highest BCUT2D eigenvalue weighted by molar-refractivity contribution is 5.85. The van der Waals surface area contributed by atoms with Crippen LogP contribution >= 0.6 is 0 Å². The minimum atomic E-state index is -1.05. The van der Waals surface area contributed by atoms with Crippen LogP contribution in [-0.2, 0) is 0 Å². The van der Waals surface area contributed by atoms with Crippen LogP contribution in [0.4, 0.5) is 5.82 Å². The summed E-state index contributed by atoms with van der Waals surface area (Å²) in [6, 6.07) is 4.75. The Labute approximate surface area is 81.6 Å². The van der Waals surface area contributed by atoms with E-state index in [2.05, 4.69) is 4.98 Å². The van der Waals surface area contributed by atoms with Crippen molar-refractivity contribution in [3.63, 3.8) is 0 Å². The number of carboxylic acids is 1. The summed E-state index contributed by atoms with van der Waals surface area (Å²) in [4.78, 5) is 16.2. The van der Waals surface area contributed by atoms with Crippen molar-refractivity contribution in [1.29, 1.82) is 0 Å². The average molecular weight is 196 g/mol. The normalized spacial score (nSPS) is 9.86. The van der Waals surface area contributed by atoms with E-state index in [0.29, 0.717) is 12.4 Å². The Morgan fingerprint density at radius 2 is 2.29 bits per heavy atom. The van der Waals surface area contributed by atoms with E-state index in [1.807, 2.05) is 0 Å². The minimum absolute atomic E-state index is 0.00675. The van der Waals surface area contributed by atoms with Gasteiger partial charge in [-0.2, -0.15) is 0 Å². The molecule has 76 valence electrons. The van der Waals surface area contributed by atoms with Gasteiger partial charge in [0.25, 0.3) is 0 Å². The maximum atomic E-state index is 10.6. The highest BCUT2D eigenvalue weighted by atomic mass is 16.4. The third-order valence-electron chi connectivity index (χ3n) is 1.78. The van der Waals surface area contributed by atoms with E-state index in [1.54, 1.807) is 24.1 Å². The van der Waals surface area contributed by atoms with E-state index >= 15 is 0 Å². The van der Waals surface area contributed by atoms with Crippen LogP contribution in [-0.4, -0.2) is 41.4 Å². The molecule has 0 aliphatic carbocycles. The van der Waals surface area contributed by atoms with E-state index in [0.717, 1.165) is 0 Å². The number of rotatable bonds is 4. The van der Waals surface area contributed by atoms with Gasteiger partial charge >= 0.3 is 5.97 Å². The summed E-state index contributed by atoms with van der Waals surface area (Å²) in [5.74, 6) is -0.511. The predicted molar refractivity (Wildman–Crippen MR) is 51.6 cm³/mol. The number of hydrogen-bond acceptors (Lipinski definition) is 4. The first kappa shape index (κ1) is 10.5. The third kappa shape index (κ3) is 2.43. The van der Waals surface area contributed by atoms with Crippen molar-refractivity contribution >= 4 is 11.8 Å². The second-order valence-corrected chi connectivity index (χ2v) is 2.83. The number of anilines is 1. The molecule has 0 fully saturated rings. The lowest BCUT2D eigenvalue weighted by Gasteiger charge is -2.16. The molecule has 5 nitrogen and oxygen atoms in total. The number of pyridine rings is 1. The molecule has 0 amide bonds. The molecule has 0 unspecified atom stereocenters. The fourth-order valence-electron chi connectivity index (χ4n) is 1.02. The van der Waals surface area contributed by atoms with Gasteiger partial charge in [0, 0.05) is 13.6 Å². The molecule has 0 aliphatic heterocycles. The van der Waals surface area contributed by atoms with Crippen LogP contribution in [0, 0.1) is 0 Å². The van der Waals surface area contributed by atoms with Crippen molar-refractivity contribution in [2.75, 3.05) is 25.1 Å². The van der Waals surface area contributed by atoms with E-state index < -0.39 is 5.97 Å². The molecule has 0 spiro atoms. The van der Waals surface area contributed by atoms with Crippen molar-refractivity contribution in [3.8, 4) is 0 Å². The Hall–Kier alpha value is -1.62. The molecular formula is C9H12N2O3. The molecule has 0 aromatic carbocycles. The van der Waals surface area contributed by atoms with Crippen molar-refractivity contribution in [3.05, 3.63) is 23.9 Å². The van der Waals surface area contributed by atoms with Crippen LogP contribution in [0.2, 0.25) is 0 Å². The summed E-state index contributed by atoms with van der Waals surface area (Å²) in [5.41, 5.74) is 0.00675. The molecule has 1 aromatic rings. The Morgan fingerprint density at radius 3 is 2.86 bits per heavy atom. The van der Waals surface area contributed by atoms with Crippen LogP contribution in [0.1, 0.15) is 10.5 Å². The number of aromatic nitrogens is 1. The first-order chi connectivity index (χ1) is 6.65. The summed E-state index contributed by atoms with van der Waals surface area (Å²) < 4.78 is 0. The van der Waals surface area contributed by atoms with Gasteiger partial charge in [0.2, 0.25) is 0 Å². The zero-order valence-corrected chi connectivity index (χ0v) is 7.84. The number of carbonyl (C=O) groups is 1. The monoisotopic (exact) mass is 196 g/mol.